The van der Waals surface area contributed by atoms with Crippen molar-refractivity contribution in [2.24, 2.45) is 5.73 Å². The highest BCUT2D eigenvalue weighted by molar-refractivity contribution is 6.17. The molecule has 2 aliphatic rings. The lowest BCUT2D eigenvalue weighted by molar-refractivity contribution is -0.154. The van der Waals surface area contributed by atoms with Crippen LogP contribution in [0.3, 0.4) is 0 Å². The smallest absolute Gasteiger partial charge is 0.374 e. The number of hydrogen-bond acceptors (Lipinski definition) is 7. The molecule has 1 aromatic rings. The summed E-state index contributed by atoms with van der Waals surface area (Å²) in [5, 5.41) is 2.78. The molecule has 1 atom stereocenters. The first-order valence-electron chi connectivity index (χ1n) is 9.64. The SMILES string of the molecule is CC1=C(C(=O)OC(C)(C)C)OC(N)=C(C(=O)OC(C)C)C12C(=O)Nc1ccccc12. The van der Waals surface area contributed by atoms with Crippen LogP contribution in [0.25, 0.3) is 0 Å². The summed E-state index contributed by atoms with van der Waals surface area (Å²) in [6.07, 6.45) is -0.453. The minimum atomic E-state index is -1.67. The van der Waals surface area contributed by atoms with Gasteiger partial charge in [0.05, 0.1) is 6.10 Å². The van der Waals surface area contributed by atoms with Crippen LogP contribution < -0.4 is 11.1 Å². The highest BCUT2D eigenvalue weighted by Crippen LogP contribution is 2.52. The molecule has 0 aromatic heterocycles. The lowest BCUT2D eigenvalue weighted by Crippen LogP contribution is -2.47. The van der Waals surface area contributed by atoms with Gasteiger partial charge in [0.15, 0.2) is 0 Å². The molecule has 1 aromatic carbocycles. The Labute approximate surface area is 175 Å². The summed E-state index contributed by atoms with van der Waals surface area (Å²) in [5.74, 6) is -2.70. The Balaban J connectivity index is 2.28. The minimum absolute atomic E-state index is 0.163. The number of fused-ring (bicyclic) bond motifs is 2. The predicted molar refractivity (Wildman–Crippen MR) is 109 cm³/mol. The zero-order chi connectivity index (χ0) is 22.4. The fourth-order valence-electron chi connectivity index (χ4n) is 3.70. The van der Waals surface area contributed by atoms with Gasteiger partial charge in [0, 0.05) is 16.8 Å². The third-order valence-electron chi connectivity index (χ3n) is 4.79. The van der Waals surface area contributed by atoms with E-state index >= 15 is 0 Å². The average Bonchev–Trinajstić information content (AvgIpc) is 2.89. The summed E-state index contributed by atoms with van der Waals surface area (Å²) in [4.78, 5) is 39.2. The summed E-state index contributed by atoms with van der Waals surface area (Å²) in [6, 6.07) is 6.90. The standard InChI is InChI=1S/C22H26N2O6/c1-11(2)28-18(25)15-17(23)29-16(19(26)30-21(4,5)6)12(3)22(15)13-9-7-8-10-14(13)24-20(22)27/h7-11H,23H2,1-6H3,(H,24,27). The van der Waals surface area contributed by atoms with Crippen molar-refractivity contribution in [2.75, 3.05) is 5.32 Å². The maximum absolute atomic E-state index is 13.4. The molecule has 8 heteroatoms. The summed E-state index contributed by atoms with van der Waals surface area (Å²) >= 11 is 0. The van der Waals surface area contributed by atoms with E-state index in [0.29, 0.717) is 11.3 Å². The third-order valence-corrected chi connectivity index (χ3v) is 4.79. The molecule has 2 aliphatic heterocycles. The van der Waals surface area contributed by atoms with Crippen LogP contribution in [0.1, 0.15) is 47.1 Å². The summed E-state index contributed by atoms with van der Waals surface area (Å²) < 4.78 is 16.3. The number of nitrogens with one attached hydrogen (secondary N) is 1. The van der Waals surface area contributed by atoms with Crippen molar-refractivity contribution in [3.8, 4) is 0 Å². The molecule has 160 valence electrons. The van der Waals surface area contributed by atoms with Gasteiger partial charge < -0.3 is 25.3 Å². The zero-order valence-corrected chi connectivity index (χ0v) is 17.9. The number of nitrogens with two attached hydrogens (primary N) is 1. The maximum atomic E-state index is 13.4. The Morgan fingerprint density at radius 1 is 1.17 bits per heavy atom. The van der Waals surface area contributed by atoms with Gasteiger partial charge in [0.2, 0.25) is 17.5 Å². The van der Waals surface area contributed by atoms with Crippen molar-refractivity contribution in [2.45, 2.75) is 58.7 Å². The van der Waals surface area contributed by atoms with Crippen LogP contribution in [-0.2, 0) is 34.0 Å². The molecule has 1 unspecified atom stereocenters. The number of rotatable bonds is 3. The van der Waals surface area contributed by atoms with Gasteiger partial charge in [-0.05, 0) is 47.6 Å². The molecule has 8 nitrogen and oxygen atoms in total. The van der Waals surface area contributed by atoms with Crippen molar-refractivity contribution in [3.63, 3.8) is 0 Å². The summed E-state index contributed by atoms with van der Waals surface area (Å²) in [5.41, 5.74) is 4.68. The topological polar surface area (TPSA) is 117 Å². The molecule has 0 bridgehead atoms. The highest BCUT2D eigenvalue weighted by Gasteiger charge is 2.59. The number of carbonyl (C=O) groups excluding carboxylic acids is 3. The van der Waals surface area contributed by atoms with Crippen molar-refractivity contribution in [1.29, 1.82) is 0 Å². The first-order valence-corrected chi connectivity index (χ1v) is 9.64. The summed E-state index contributed by atoms with van der Waals surface area (Å²) in [7, 11) is 0. The Morgan fingerprint density at radius 3 is 2.40 bits per heavy atom. The number of para-hydroxylation sites is 1. The molecule has 1 amide bonds. The molecule has 0 radical (unpaired) electrons. The average molecular weight is 414 g/mol. The van der Waals surface area contributed by atoms with Crippen LogP contribution in [0.5, 0.6) is 0 Å². The number of anilines is 1. The molecule has 0 saturated carbocycles. The van der Waals surface area contributed by atoms with Gasteiger partial charge in [-0.3, -0.25) is 4.79 Å². The molecule has 0 aliphatic carbocycles. The number of carbonyl (C=O) groups is 3. The molecule has 2 heterocycles. The van der Waals surface area contributed by atoms with Gasteiger partial charge >= 0.3 is 11.9 Å². The molecule has 3 N–H and O–H groups in total. The van der Waals surface area contributed by atoms with E-state index in [1.54, 1.807) is 65.8 Å². The Bertz CT molecular complexity index is 999. The van der Waals surface area contributed by atoms with Crippen LogP contribution in [0.2, 0.25) is 0 Å². The second-order valence-corrected chi connectivity index (χ2v) is 8.50. The molecule has 0 fully saturated rings. The van der Waals surface area contributed by atoms with E-state index in [1.807, 2.05) is 0 Å². The fourth-order valence-corrected chi connectivity index (χ4v) is 3.70. The van der Waals surface area contributed by atoms with Gasteiger partial charge in [-0.15, -0.1) is 0 Å². The van der Waals surface area contributed by atoms with Crippen LogP contribution in [0.15, 0.2) is 47.1 Å². The lowest BCUT2D eigenvalue weighted by atomic mass is 9.68. The van der Waals surface area contributed by atoms with E-state index in [9.17, 15) is 14.4 Å². The van der Waals surface area contributed by atoms with Crippen molar-refractivity contribution < 1.29 is 28.6 Å². The minimum Gasteiger partial charge on any atom is -0.459 e. The van der Waals surface area contributed by atoms with Crippen molar-refractivity contribution in [3.05, 3.63) is 52.6 Å². The first-order chi connectivity index (χ1) is 13.9. The summed E-state index contributed by atoms with van der Waals surface area (Å²) in [6.45, 7) is 10.0. The van der Waals surface area contributed by atoms with Gasteiger partial charge in [0.25, 0.3) is 0 Å². The Morgan fingerprint density at radius 2 is 1.80 bits per heavy atom. The van der Waals surface area contributed by atoms with E-state index in [1.165, 1.54) is 0 Å². The number of amides is 1. The number of hydrogen-bond donors (Lipinski definition) is 2. The van der Waals surface area contributed by atoms with E-state index in [2.05, 4.69) is 5.32 Å². The molecule has 30 heavy (non-hydrogen) atoms. The number of esters is 2. The maximum Gasteiger partial charge on any atom is 0.374 e. The molecule has 1 spiro atoms. The monoisotopic (exact) mass is 414 g/mol. The van der Waals surface area contributed by atoms with Gasteiger partial charge in [-0.1, -0.05) is 18.2 Å². The van der Waals surface area contributed by atoms with E-state index in [-0.39, 0.29) is 22.8 Å². The van der Waals surface area contributed by atoms with E-state index in [4.69, 9.17) is 19.9 Å². The third kappa shape index (κ3) is 3.32. The van der Waals surface area contributed by atoms with Crippen molar-refractivity contribution >= 4 is 23.5 Å². The number of benzene rings is 1. The quantitative estimate of drug-likeness (QED) is 0.730. The van der Waals surface area contributed by atoms with Crippen molar-refractivity contribution in [1.82, 2.24) is 0 Å². The Hall–Kier alpha value is -3.29. The first kappa shape index (κ1) is 21.4. The van der Waals surface area contributed by atoms with Crippen LogP contribution >= 0.6 is 0 Å². The molecular formula is C22H26N2O6. The van der Waals surface area contributed by atoms with Gasteiger partial charge in [0.1, 0.15) is 16.6 Å². The normalized spacial score (nSPS) is 20.8. The van der Waals surface area contributed by atoms with Gasteiger partial charge in [-0.2, -0.15) is 0 Å². The fraction of sp³-hybridized carbons (Fsp3) is 0.409. The molecule has 3 rings (SSSR count). The number of ether oxygens (including phenoxy) is 3. The highest BCUT2D eigenvalue weighted by atomic mass is 16.6. The molecule has 0 saturated heterocycles. The van der Waals surface area contributed by atoms with Crippen LogP contribution in [-0.4, -0.2) is 29.6 Å². The second kappa shape index (κ2) is 7.19. The second-order valence-electron chi connectivity index (χ2n) is 8.50. The Kier molecular flexibility index (Phi) is 5.14. The largest absolute Gasteiger partial charge is 0.459 e. The molecular weight excluding hydrogens is 388 g/mol. The predicted octanol–water partition coefficient (Wildman–Crippen LogP) is 2.64. The van der Waals surface area contributed by atoms with Crippen LogP contribution in [0, 0.1) is 0 Å². The van der Waals surface area contributed by atoms with E-state index in [0.717, 1.165) is 0 Å². The van der Waals surface area contributed by atoms with Crippen LogP contribution in [0.4, 0.5) is 5.69 Å². The lowest BCUT2D eigenvalue weighted by Gasteiger charge is -2.36. The zero-order valence-electron chi connectivity index (χ0n) is 17.9. The van der Waals surface area contributed by atoms with E-state index < -0.39 is 35.0 Å². The van der Waals surface area contributed by atoms with Gasteiger partial charge in [-0.25, -0.2) is 9.59 Å².